The molecule has 2 aromatic carbocycles. The molecule has 2 atom stereocenters. The fourth-order valence-electron chi connectivity index (χ4n) is 4.36. The van der Waals surface area contributed by atoms with Crippen LogP contribution < -0.4 is 14.8 Å². The van der Waals surface area contributed by atoms with Crippen LogP contribution in [-0.2, 0) is 17.9 Å². The average molecular weight is 472 g/mol. The van der Waals surface area contributed by atoms with Gasteiger partial charge in [0.25, 0.3) is 0 Å². The number of imide groups is 1. The van der Waals surface area contributed by atoms with Gasteiger partial charge >= 0.3 is 6.03 Å². The lowest BCUT2D eigenvalue weighted by Crippen LogP contribution is -2.68. The maximum absolute atomic E-state index is 13.4. The second-order valence-corrected chi connectivity index (χ2v) is 8.71. The van der Waals surface area contributed by atoms with E-state index in [0.717, 1.165) is 35.0 Å². The molecule has 0 aliphatic carbocycles. The molecule has 2 aromatic rings. The normalized spacial score (nSPS) is 23.0. The highest BCUT2D eigenvalue weighted by atomic mass is 79.9. The summed E-state index contributed by atoms with van der Waals surface area (Å²) in [6, 6.07) is 12.7. The van der Waals surface area contributed by atoms with Crippen LogP contribution in [0.5, 0.6) is 11.5 Å². The van der Waals surface area contributed by atoms with Crippen molar-refractivity contribution >= 4 is 27.9 Å². The van der Waals surface area contributed by atoms with E-state index in [2.05, 4.69) is 21.2 Å². The summed E-state index contributed by atoms with van der Waals surface area (Å²) >= 11 is 3.45. The highest BCUT2D eigenvalue weighted by Gasteiger charge is 2.47. The summed E-state index contributed by atoms with van der Waals surface area (Å²) in [6.45, 7) is 1.65. The van der Waals surface area contributed by atoms with Crippen molar-refractivity contribution in [2.75, 3.05) is 13.3 Å². The number of piperidine rings is 1. The summed E-state index contributed by atoms with van der Waals surface area (Å²) in [6.07, 6.45) is 1.77. The van der Waals surface area contributed by atoms with Gasteiger partial charge in [-0.15, -0.1) is 0 Å². The van der Waals surface area contributed by atoms with Crippen LogP contribution in [-0.4, -0.2) is 47.2 Å². The second kappa shape index (κ2) is 7.92. The number of fused-ring (bicyclic) bond motifs is 2. The number of nitrogens with one attached hydrogen (secondary N) is 1. The van der Waals surface area contributed by atoms with Crippen LogP contribution in [0.25, 0.3) is 0 Å². The van der Waals surface area contributed by atoms with Crippen LogP contribution in [0.3, 0.4) is 0 Å². The van der Waals surface area contributed by atoms with Gasteiger partial charge in [-0.3, -0.25) is 9.69 Å². The predicted molar refractivity (Wildman–Crippen MR) is 113 cm³/mol. The van der Waals surface area contributed by atoms with Gasteiger partial charge < -0.3 is 19.7 Å². The van der Waals surface area contributed by atoms with Gasteiger partial charge in [-0.05, 0) is 54.8 Å². The minimum atomic E-state index is -0.374. The fourth-order valence-corrected chi connectivity index (χ4v) is 4.62. The van der Waals surface area contributed by atoms with E-state index in [9.17, 15) is 9.59 Å². The van der Waals surface area contributed by atoms with E-state index in [-0.39, 0.29) is 37.4 Å². The number of ether oxygens (including phenoxy) is 2. The van der Waals surface area contributed by atoms with Crippen LogP contribution in [0.15, 0.2) is 46.9 Å². The molecule has 2 saturated heterocycles. The van der Waals surface area contributed by atoms with Crippen LogP contribution >= 0.6 is 15.9 Å². The van der Waals surface area contributed by atoms with Crippen molar-refractivity contribution in [3.63, 3.8) is 0 Å². The number of benzene rings is 2. The Kier molecular flexibility index (Phi) is 5.12. The van der Waals surface area contributed by atoms with Gasteiger partial charge in [-0.1, -0.05) is 34.1 Å². The lowest BCUT2D eigenvalue weighted by atomic mass is 9.93. The van der Waals surface area contributed by atoms with Gasteiger partial charge in [0.15, 0.2) is 11.5 Å². The molecule has 156 valence electrons. The number of rotatable bonds is 4. The molecular formula is C22H22BrN3O4. The Hall–Kier alpha value is -2.58. The fraction of sp³-hybridized carbons (Fsp3) is 0.364. The quantitative estimate of drug-likeness (QED) is 0.740. The molecule has 0 aromatic heterocycles. The first kappa shape index (κ1) is 19.4. The highest BCUT2D eigenvalue weighted by Crippen LogP contribution is 2.34. The van der Waals surface area contributed by atoms with E-state index in [0.29, 0.717) is 18.0 Å². The molecule has 2 unspecified atom stereocenters. The molecular weight excluding hydrogens is 450 g/mol. The van der Waals surface area contributed by atoms with Gasteiger partial charge in [0.1, 0.15) is 6.04 Å². The lowest BCUT2D eigenvalue weighted by Gasteiger charge is -2.47. The molecule has 0 radical (unpaired) electrons. The van der Waals surface area contributed by atoms with Crippen molar-refractivity contribution in [3.8, 4) is 11.5 Å². The summed E-state index contributed by atoms with van der Waals surface area (Å²) in [4.78, 5) is 29.8. The topological polar surface area (TPSA) is 71.1 Å². The van der Waals surface area contributed by atoms with Crippen molar-refractivity contribution in [2.24, 2.45) is 0 Å². The molecule has 7 nitrogen and oxygen atoms in total. The Labute approximate surface area is 183 Å². The third-order valence-corrected chi connectivity index (χ3v) is 6.41. The van der Waals surface area contributed by atoms with Crippen LogP contribution in [0.2, 0.25) is 0 Å². The first-order valence-electron chi connectivity index (χ1n) is 10.1. The maximum Gasteiger partial charge on any atom is 0.327 e. The molecule has 5 rings (SSSR count). The molecule has 30 heavy (non-hydrogen) atoms. The molecule has 0 spiro atoms. The lowest BCUT2D eigenvalue weighted by molar-refractivity contribution is -0.137. The van der Waals surface area contributed by atoms with Crippen LogP contribution in [0, 0.1) is 0 Å². The van der Waals surface area contributed by atoms with Crippen molar-refractivity contribution < 1.29 is 19.1 Å². The van der Waals surface area contributed by atoms with Gasteiger partial charge in [0.05, 0.1) is 12.6 Å². The predicted octanol–water partition coefficient (Wildman–Crippen LogP) is 3.26. The van der Waals surface area contributed by atoms with Crippen LogP contribution in [0.1, 0.15) is 24.0 Å². The molecule has 2 fully saturated rings. The van der Waals surface area contributed by atoms with Crippen molar-refractivity contribution in [1.82, 2.24) is 15.1 Å². The first-order chi connectivity index (χ1) is 14.6. The summed E-state index contributed by atoms with van der Waals surface area (Å²) in [5, 5.41) is 3.34. The summed E-state index contributed by atoms with van der Waals surface area (Å²) < 4.78 is 11.8. The third-order valence-electron chi connectivity index (χ3n) is 5.88. The largest absolute Gasteiger partial charge is 0.454 e. The number of hydrogen-bond donors (Lipinski definition) is 1. The molecule has 3 heterocycles. The molecule has 8 heteroatoms. The van der Waals surface area contributed by atoms with E-state index in [1.807, 2.05) is 47.4 Å². The SMILES string of the molecule is O=C1C2NCCCC2N(Cc2ccc(Br)cc2)C(=O)N1Cc1ccc2c(c1)OCO2. The molecule has 0 bridgehead atoms. The van der Waals surface area contributed by atoms with Crippen molar-refractivity contribution in [1.29, 1.82) is 0 Å². The molecule has 3 amide bonds. The van der Waals surface area contributed by atoms with Gasteiger partial charge in [0, 0.05) is 11.0 Å². The zero-order valence-electron chi connectivity index (χ0n) is 16.3. The summed E-state index contributed by atoms with van der Waals surface area (Å²) in [5.41, 5.74) is 1.87. The number of halogens is 1. The van der Waals surface area contributed by atoms with Gasteiger partial charge in [-0.25, -0.2) is 4.79 Å². The van der Waals surface area contributed by atoms with E-state index in [1.54, 1.807) is 0 Å². The second-order valence-electron chi connectivity index (χ2n) is 7.79. The Bertz CT molecular complexity index is 981. The number of hydrogen-bond acceptors (Lipinski definition) is 5. The third kappa shape index (κ3) is 3.54. The first-order valence-corrected chi connectivity index (χ1v) is 10.9. The summed E-state index contributed by atoms with van der Waals surface area (Å²) in [5.74, 6) is 1.17. The van der Waals surface area contributed by atoms with E-state index < -0.39 is 0 Å². The van der Waals surface area contributed by atoms with Crippen molar-refractivity contribution in [3.05, 3.63) is 58.1 Å². The number of amides is 3. The molecule has 3 aliphatic rings. The highest BCUT2D eigenvalue weighted by molar-refractivity contribution is 9.10. The average Bonchev–Trinajstić information content (AvgIpc) is 3.23. The minimum Gasteiger partial charge on any atom is -0.454 e. The van der Waals surface area contributed by atoms with Crippen LogP contribution in [0.4, 0.5) is 4.79 Å². The van der Waals surface area contributed by atoms with E-state index in [1.165, 1.54) is 4.90 Å². The van der Waals surface area contributed by atoms with Gasteiger partial charge in [-0.2, -0.15) is 0 Å². The Morgan fingerprint density at radius 3 is 2.60 bits per heavy atom. The molecule has 1 N–H and O–H groups in total. The smallest absolute Gasteiger partial charge is 0.327 e. The number of carbonyl (C=O) groups excluding carboxylic acids is 2. The summed E-state index contributed by atoms with van der Waals surface area (Å²) in [7, 11) is 0. The standard InChI is InChI=1S/C22H22BrN3O4/c23-16-6-3-14(4-7-16)11-25-17-2-1-9-24-20(17)21(27)26(22(25)28)12-15-5-8-18-19(10-15)30-13-29-18/h3-8,10,17,20,24H,1-2,9,11-13H2. The molecule has 0 saturated carbocycles. The molecule has 3 aliphatic heterocycles. The zero-order valence-corrected chi connectivity index (χ0v) is 17.9. The number of nitrogens with zero attached hydrogens (tertiary/aromatic N) is 2. The zero-order chi connectivity index (χ0) is 20.7. The van der Waals surface area contributed by atoms with E-state index >= 15 is 0 Å². The van der Waals surface area contributed by atoms with E-state index in [4.69, 9.17) is 9.47 Å². The minimum absolute atomic E-state index is 0.129. The monoisotopic (exact) mass is 471 g/mol. The van der Waals surface area contributed by atoms with Crippen molar-refractivity contribution in [2.45, 2.75) is 38.0 Å². The Balaban J connectivity index is 1.42. The van der Waals surface area contributed by atoms with Gasteiger partial charge in [0.2, 0.25) is 12.7 Å². The maximum atomic E-state index is 13.4. The Morgan fingerprint density at radius 1 is 1.00 bits per heavy atom. The Morgan fingerprint density at radius 2 is 1.77 bits per heavy atom. The number of carbonyl (C=O) groups is 2. The number of urea groups is 1.